The number of aromatic carboxylic acids is 1. The minimum atomic E-state index is -1.08. The van der Waals surface area contributed by atoms with E-state index in [0.29, 0.717) is 12.2 Å². The van der Waals surface area contributed by atoms with Crippen LogP contribution in [0.3, 0.4) is 0 Å². The van der Waals surface area contributed by atoms with Crippen molar-refractivity contribution in [3.05, 3.63) is 53.4 Å². The van der Waals surface area contributed by atoms with Crippen LogP contribution in [0, 0.1) is 5.82 Å². The zero-order chi connectivity index (χ0) is 21.5. The lowest BCUT2D eigenvalue weighted by Crippen LogP contribution is -2.32. The Labute approximate surface area is 173 Å². The van der Waals surface area contributed by atoms with Crippen LogP contribution in [0.4, 0.5) is 10.2 Å². The molecular weight excluding hydrogens is 387 g/mol. The minimum absolute atomic E-state index is 0.0471. The molecule has 3 aromatic rings. The van der Waals surface area contributed by atoms with Crippen LogP contribution in [0.15, 0.2) is 30.7 Å². The van der Waals surface area contributed by atoms with Crippen molar-refractivity contribution in [3.63, 3.8) is 0 Å². The average Bonchev–Trinajstić information content (AvgIpc) is 3.32. The Hall–Kier alpha value is -3.07. The molecule has 3 N–H and O–H groups in total. The van der Waals surface area contributed by atoms with Gasteiger partial charge in [0.15, 0.2) is 5.65 Å². The molecule has 1 aliphatic heterocycles. The van der Waals surface area contributed by atoms with Gasteiger partial charge in [-0.2, -0.15) is 5.10 Å². The number of hydrogen-bond donors (Lipinski definition) is 2. The molecule has 1 unspecified atom stereocenters. The molecule has 30 heavy (non-hydrogen) atoms. The van der Waals surface area contributed by atoms with Crippen molar-refractivity contribution in [2.75, 3.05) is 11.4 Å². The Morgan fingerprint density at radius 3 is 2.93 bits per heavy atom. The van der Waals surface area contributed by atoms with E-state index in [0.717, 1.165) is 37.1 Å². The number of nitrogens with zero attached hydrogens (tertiary/aromatic N) is 5. The predicted octanol–water partition coefficient (Wildman–Crippen LogP) is 2.97. The van der Waals surface area contributed by atoms with E-state index < -0.39 is 5.97 Å². The van der Waals surface area contributed by atoms with Gasteiger partial charge < -0.3 is 15.7 Å². The molecule has 1 atom stereocenters. The second kappa shape index (κ2) is 7.64. The van der Waals surface area contributed by atoms with Crippen LogP contribution < -0.4 is 10.6 Å². The van der Waals surface area contributed by atoms with Crippen LogP contribution in [0.5, 0.6) is 0 Å². The summed E-state index contributed by atoms with van der Waals surface area (Å²) >= 11 is 0. The quantitative estimate of drug-likeness (QED) is 0.640. The standard InChI is InChI=1S/C21H25FN6O2/c1-21(2,23)7-5-16-14(10-13(22)11-24-16)17-4-3-8-27(17)18-6-9-28-19(26-18)15(12-25-28)20(29)30/h6,9-12,17H,3-5,7-8,23H2,1-2H3,(H,29,30). The van der Waals surface area contributed by atoms with Crippen molar-refractivity contribution in [3.8, 4) is 0 Å². The fraction of sp³-hybridized carbons (Fsp3) is 0.429. The van der Waals surface area contributed by atoms with Crippen molar-refractivity contribution in [2.45, 2.75) is 51.1 Å². The van der Waals surface area contributed by atoms with Gasteiger partial charge >= 0.3 is 5.97 Å². The topological polar surface area (TPSA) is 110 Å². The number of carboxylic acid groups (broad SMARTS) is 1. The summed E-state index contributed by atoms with van der Waals surface area (Å²) in [6.45, 7) is 4.66. The Balaban J connectivity index is 1.71. The Kier molecular flexibility index (Phi) is 5.15. The summed E-state index contributed by atoms with van der Waals surface area (Å²) < 4.78 is 15.6. The van der Waals surface area contributed by atoms with Crippen LogP contribution >= 0.6 is 0 Å². The van der Waals surface area contributed by atoms with Gasteiger partial charge in [0, 0.05) is 24.0 Å². The number of nitrogens with two attached hydrogens (primary N) is 1. The lowest BCUT2D eigenvalue weighted by atomic mass is 9.94. The summed E-state index contributed by atoms with van der Waals surface area (Å²) in [5, 5.41) is 13.4. The van der Waals surface area contributed by atoms with E-state index in [4.69, 9.17) is 5.73 Å². The van der Waals surface area contributed by atoms with Gasteiger partial charge in [-0.25, -0.2) is 18.7 Å². The second-order valence-electron chi connectivity index (χ2n) is 8.45. The smallest absolute Gasteiger partial charge is 0.341 e. The summed E-state index contributed by atoms with van der Waals surface area (Å²) in [6.07, 6.45) is 7.37. The molecule has 1 aliphatic rings. The van der Waals surface area contributed by atoms with Crippen LogP contribution in [0.25, 0.3) is 5.65 Å². The summed E-state index contributed by atoms with van der Waals surface area (Å²) in [5.74, 6) is -0.809. The first-order chi connectivity index (χ1) is 14.2. The van der Waals surface area contributed by atoms with Crippen LogP contribution in [-0.2, 0) is 6.42 Å². The third-order valence-electron chi connectivity index (χ3n) is 5.47. The summed E-state index contributed by atoms with van der Waals surface area (Å²) in [4.78, 5) is 22.5. The van der Waals surface area contributed by atoms with Gasteiger partial charge in [-0.3, -0.25) is 4.98 Å². The fourth-order valence-corrected chi connectivity index (χ4v) is 3.96. The van der Waals surface area contributed by atoms with Crippen molar-refractivity contribution in [1.29, 1.82) is 0 Å². The first-order valence-electron chi connectivity index (χ1n) is 10.0. The number of aryl methyl sites for hydroxylation is 1. The average molecular weight is 412 g/mol. The molecule has 1 saturated heterocycles. The number of anilines is 1. The van der Waals surface area contributed by atoms with Crippen LogP contribution in [0.2, 0.25) is 0 Å². The zero-order valence-corrected chi connectivity index (χ0v) is 17.0. The molecule has 0 radical (unpaired) electrons. The van der Waals surface area contributed by atoms with E-state index in [9.17, 15) is 14.3 Å². The first-order valence-corrected chi connectivity index (χ1v) is 10.0. The maximum absolute atomic E-state index is 14.1. The van der Waals surface area contributed by atoms with Gasteiger partial charge in [0.25, 0.3) is 0 Å². The Morgan fingerprint density at radius 1 is 1.40 bits per heavy atom. The number of pyridine rings is 1. The molecule has 0 saturated carbocycles. The Morgan fingerprint density at radius 2 is 2.20 bits per heavy atom. The molecular formula is C21H25FN6O2. The first kappa shape index (κ1) is 20.2. The van der Waals surface area contributed by atoms with Gasteiger partial charge in [-0.1, -0.05) is 0 Å². The highest BCUT2D eigenvalue weighted by atomic mass is 19.1. The summed E-state index contributed by atoms with van der Waals surface area (Å²) in [5.41, 5.74) is 7.80. The van der Waals surface area contributed by atoms with E-state index in [1.54, 1.807) is 18.3 Å². The minimum Gasteiger partial charge on any atom is -0.477 e. The number of fused-ring (bicyclic) bond motifs is 1. The highest BCUT2D eigenvalue weighted by Crippen LogP contribution is 2.37. The molecule has 0 aromatic carbocycles. The number of carboxylic acids is 1. The SMILES string of the molecule is CC(C)(N)CCc1ncc(F)cc1C1CCCN1c1ccn2ncc(C(=O)O)c2n1. The number of rotatable bonds is 6. The fourth-order valence-electron chi connectivity index (χ4n) is 3.96. The van der Waals surface area contributed by atoms with Crippen molar-refractivity contribution in [2.24, 2.45) is 5.73 Å². The number of carbonyl (C=O) groups is 1. The van der Waals surface area contributed by atoms with E-state index >= 15 is 0 Å². The summed E-state index contributed by atoms with van der Waals surface area (Å²) in [7, 11) is 0. The molecule has 1 fully saturated rings. The second-order valence-corrected chi connectivity index (χ2v) is 8.45. The summed E-state index contributed by atoms with van der Waals surface area (Å²) in [6, 6.07) is 3.27. The molecule has 0 spiro atoms. The Bertz CT molecular complexity index is 1090. The van der Waals surface area contributed by atoms with E-state index in [2.05, 4.69) is 20.0 Å². The molecule has 4 rings (SSSR count). The van der Waals surface area contributed by atoms with Crippen LogP contribution in [-0.4, -0.2) is 42.7 Å². The lowest BCUT2D eigenvalue weighted by molar-refractivity contribution is 0.0698. The maximum Gasteiger partial charge on any atom is 0.341 e. The van der Waals surface area contributed by atoms with Crippen LogP contribution in [0.1, 0.15) is 60.8 Å². The van der Waals surface area contributed by atoms with Gasteiger partial charge in [-0.15, -0.1) is 0 Å². The third-order valence-corrected chi connectivity index (χ3v) is 5.47. The highest BCUT2D eigenvalue weighted by Gasteiger charge is 2.30. The maximum atomic E-state index is 14.1. The van der Waals surface area contributed by atoms with Gasteiger partial charge in [-0.05, 0) is 57.2 Å². The number of aromatic nitrogens is 4. The molecule has 4 heterocycles. The van der Waals surface area contributed by atoms with Crippen molar-refractivity contribution < 1.29 is 14.3 Å². The molecule has 0 amide bonds. The monoisotopic (exact) mass is 412 g/mol. The van der Waals surface area contributed by atoms with Gasteiger partial charge in [0.05, 0.1) is 18.4 Å². The van der Waals surface area contributed by atoms with Gasteiger partial charge in [0.1, 0.15) is 17.2 Å². The van der Waals surface area contributed by atoms with Crippen molar-refractivity contribution in [1.82, 2.24) is 19.6 Å². The van der Waals surface area contributed by atoms with E-state index in [-0.39, 0.29) is 28.6 Å². The third kappa shape index (κ3) is 3.97. The zero-order valence-electron chi connectivity index (χ0n) is 17.0. The molecule has 158 valence electrons. The lowest BCUT2D eigenvalue weighted by Gasteiger charge is -2.28. The molecule has 8 nitrogen and oxygen atoms in total. The van der Waals surface area contributed by atoms with Crippen molar-refractivity contribution >= 4 is 17.4 Å². The normalized spacial score (nSPS) is 17.1. The molecule has 0 aliphatic carbocycles. The number of halogens is 1. The molecule has 9 heteroatoms. The largest absolute Gasteiger partial charge is 0.477 e. The predicted molar refractivity (Wildman–Crippen MR) is 110 cm³/mol. The highest BCUT2D eigenvalue weighted by molar-refractivity contribution is 5.94. The van der Waals surface area contributed by atoms with Gasteiger partial charge in [0.2, 0.25) is 0 Å². The molecule has 0 bridgehead atoms. The molecule has 3 aromatic heterocycles. The van der Waals surface area contributed by atoms with E-state index in [1.165, 1.54) is 16.9 Å². The van der Waals surface area contributed by atoms with E-state index in [1.807, 2.05) is 13.8 Å². The number of hydrogen-bond acceptors (Lipinski definition) is 6.